The maximum atomic E-state index is 6.01. The first kappa shape index (κ1) is 13.2. The number of aryl methyl sites for hydroxylation is 1. The van der Waals surface area contributed by atoms with Gasteiger partial charge in [0.1, 0.15) is 11.3 Å². The van der Waals surface area contributed by atoms with Crippen molar-refractivity contribution < 1.29 is 0 Å². The quantitative estimate of drug-likeness (QED) is 0.798. The van der Waals surface area contributed by atoms with E-state index in [1.807, 2.05) is 6.07 Å². The number of imidazole rings is 1. The van der Waals surface area contributed by atoms with Crippen molar-refractivity contribution in [2.75, 3.05) is 5.88 Å². The van der Waals surface area contributed by atoms with Gasteiger partial charge in [-0.25, -0.2) is 9.97 Å². The third kappa shape index (κ3) is 2.23. The Morgan fingerprint density at radius 2 is 2.16 bits per heavy atom. The van der Waals surface area contributed by atoms with E-state index < -0.39 is 0 Å². The molecular formula is C14H17Cl2N3. The van der Waals surface area contributed by atoms with Crippen molar-refractivity contribution in [3.8, 4) is 0 Å². The molecule has 0 atom stereocenters. The van der Waals surface area contributed by atoms with Gasteiger partial charge in [0.2, 0.25) is 0 Å². The van der Waals surface area contributed by atoms with Gasteiger partial charge >= 0.3 is 0 Å². The van der Waals surface area contributed by atoms with E-state index in [4.69, 9.17) is 23.2 Å². The molecule has 3 rings (SSSR count). The Morgan fingerprint density at radius 1 is 1.42 bits per heavy atom. The third-order valence-corrected chi connectivity index (χ3v) is 4.40. The Hall–Kier alpha value is -0.800. The zero-order valence-electron chi connectivity index (χ0n) is 11.2. The minimum Gasteiger partial charge on any atom is -0.307 e. The summed E-state index contributed by atoms with van der Waals surface area (Å²) >= 11 is 11.9. The maximum absolute atomic E-state index is 6.01. The van der Waals surface area contributed by atoms with Crippen molar-refractivity contribution in [3.63, 3.8) is 0 Å². The Bertz CT molecular complexity index is 614. The lowest BCUT2D eigenvalue weighted by atomic mass is 9.98. The van der Waals surface area contributed by atoms with Gasteiger partial charge in [-0.3, -0.25) is 0 Å². The predicted molar refractivity (Wildman–Crippen MR) is 79.0 cm³/mol. The van der Waals surface area contributed by atoms with Gasteiger partial charge in [-0.05, 0) is 38.7 Å². The van der Waals surface area contributed by atoms with E-state index in [9.17, 15) is 0 Å². The second kappa shape index (κ2) is 4.64. The van der Waals surface area contributed by atoms with Crippen molar-refractivity contribution in [3.05, 3.63) is 23.1 Å². The minimum atomic E-state index is 0.0387. The van der Waals surface area contributed by atoms with Crippen LogP contribution < -0.4 is 0 Å². The number of nitrogens with zero attached hydrogens (tertiary/aromatic N) is 3. The molecule has 0 spiro atoms. The summed E-state index contributed by atoms with van der Waals surface area (Å²) in [5, 5.41) is 0.624. The van der Waals surface area contributed by atoms with Gasteiger partial charge in [0.25, 0.3) is 0 Å². The molecule has 5 heteroatoms. The van der Waals surface area contributed by atoms with E-state index in [-0.39, 0.29) is 5.54 Å². The van der Waals surface area contributed by atoms with E-state index in [0.29, 0.717) is 16.8 Å². The molecule has 0 bridgehead atoms. The number of hydrogen-bond acceptors (Lipinski definition) is 2. The van der Waals surface area contributed by atoms with Crippen LogP contribution in [0, 0.1) is 5.92 Å². The minimum absolute atomic E-state index is 0.0387. The summed E-state index contributed by atoms with van der Waals surface area (Å²) in [7, 11) is 0. The maximum Gasteiger partial charge on any atom is 0.160 e. The monoisotopic (exact) mass is 297 g/mol. The largest absolute Gasteiger partial charge is 0.307 e. The SMILES string of the molecule is CC(C)(C1CC1)n1c(CCCl)nc2cc(Cl)cnc21. The molecule has 0 aliphatic heterocycles. The van der Waals surface area contributed by atoms with Crippen LogP contribution in [0.5, 0.6) is 0 Å². The molecule has 0 amide bonds. The van der Waals surface area contributed by atoms with Crippen LogP contribution in [-0.2, 0) is 12.0 Å². The fourth-order valence-electron chi connectivity index (χ4n) is 2.82. The zero-order chi connectivity index (χ0) is 13.6. The zero-order valence-corrected chi connectivity index (χ0v) is 12.7. The first-order valence-electron chi connectivity index (χ1n) is 6.63. The highest BCUT2D eigenvalue weighted by Gasteiger charge is 2.41. The molecule has 1 fully saturated rings. The van der Waals surface area contributed by atoms with Crippen molar-refractivity contribution in [2.24, 2.45) is 5.92 Å². The van der Waals surface area contributed by atoms with Gasteiger partial charge in [0, 0.05) is 24.0 Å². The van der Waals surface area contributed by atoms with Crippen LogP contribution in [-0.4, -0.2) is 20.4 Å². The average Bonchev–Trinajstić information content (AvgIpc) is 3.12. The van der Waals surface area contributed by atoms with Crippen molar-refractivity contribution in [2.45, 2.75) is 38.6 Å². The van der Waals surface area contributed by atoms with Crippen LogP contribution in [0.25, 0.3) is 11.2 Å². The van der Waals surface area contributed by atoms with Gasteiger partial charge in [0.15, 0.2) is 5.65 Å². The highest BCUT2D eigenvalue weighted by atomic mass is 35.5. The van der Waals surface area contributed by atoms with Gasteiger partial charge in [0.05, 0.1) is 5.02 Å². The Morgan fingerprint density at radius 3 is 2.79 bits per heavy atom. The summed E-state index contributed by atoms with van der Waals surface area (Å²) in [5.74, 6) is 2.28. The number of fused-ring (bicyclic) bond motifs is 1. The normalized spacial score (nSPS) is 16.2. The summed E-state index contributed by atoms with van der Waals surface area (Å²) in [6, 6.07) is 1.88. The topological polar surface area (TPSA) is 30.7 Å². The lowest BCUT2D eigenvalue weighted by Gasteiger charge is -2.29. The molecule has 1 aliphatic carbocycles. The fourth-order valence-corrected chi connectivity index (χ4v) is 3.14. The van der Waals surface area contributed by atoms with Crippen LogP contribution in [0.3, 0.4) is 0 Å². The first-order valence-corrected chi connectivity index (χ1v) is 7.54. The van der Waals surface area contributed by atoms with Gasteiger partial charge in [-0.1, -0.05) is 11.6 Å². The molecule has 102 valence electrons. The van der Waals surface area contributed by atoms with Crippen LogP contribution in [0.2, 0.25) is 5.02 Å². The molecule has 0 aromatic carbocycles. The van der Waals surface area contributed by atoms with E-state index in [1.165, 1.54) is 12.8 Å². The second-order valence-corrected chi connectivity index (χ2v) is 6.54. The summed E-state index contributed by atoms with van der Waals surface area (Å²) in [6.07, 6.45) is 5.00. The summed E-state index contributed by atoms with van der Waals surface area (Å²) in [5.41, 5.74) is 1.82. The molecule has 0 unspecified atom stereocenters. The molecule has 0 N–H and O–H groups in total. The van der Waals surface area contributed by atoms with Gasteiger partial charge in [-0.15, -0.1) is 11.6 Å². The number of pyridine rings is 1. The smallest absolute Gasteiger partial charge is 0.160 e. The van der Waals surface area contributed by atoms with Crippen LogP contribution in [0.15, 0.2) is 12.3 Å². The highest BCUT2D eigenvalue weighted by Crippen LogP contribution is 2.45. The van der Waals surface area contributed by atoms with E-state index in [1.54, 1.807) is 6.20 Å². The molecular weight excluding hydrogens is 281 g/mol. The second-order valence-electron chi connectivity index (χ2n) is 5.73. The number of hydrogen-bond donors (Lipinski definition) is 0. The standard InChI is InChI=1S/C14H17Cl2N3/c1-14(2,9-3-4-9)19-12(5-6-15)18-11-7-10(16)8-17-13(11)19/h7-9H,3-6H2,1-2H3. The molecule has 2 heterocycles. The van der Waals surface area contributed by atoms with Crippen LogP contribution >= 0.6 is 23.2 Å². The molecule has 2 aromatic heterocycles. The Labute approximate surface area is 122 Å². The Balaban J connectivity index is 2.21. The molecule has 1 aliphatic rings. The molecule has 0 saturated heterocycles. The predicted octanol–water partition coefficient (Wildman–Crippen LogP) is 4.01. The van der Waals surface area contributed by atoms with Crippen molar-refractivity contribution >= 4 is 34.4 Å². The van der Waals surface area contributed by atoms with Gasteiger partial charge < -0.3 is 4.57 Å². The first-order chi connectivity index (χ1) is 9.04. The van der Waals surface area contributed by atoms with E-state index >= 15 is 0 Å². The van der Waals surface area contributed by atoms with Crippen molar-refractivity contribution in [1.29, 1.82) is 0 Å². The fraction of sp³-hybridized carbons (Fsp3) is 0.571. The number of halogens is 2. The molecule has 3 nitrogen and oxygen atoms in total. The van der Waals surface area contributed by atoms with Crippen LogP contribution in [0.1, 0.15) is 32.5 Å². The third-order valence-electron chi connectivity index (χ3n) is 4.00. The molecule has 0 radical (unpaired) electrons. The Kier molecular flexibility index (Phi) is 3.22. The number of rotatable bonds is 4. The van der Waals surface area contributed by atoms with Gasteiger partial charge in [-0.2, -0.15) is 0 Å². The molecule has 2 aromatic rings. The number of aromatic nitrogens is 3. The van der Waals surface area contributed by atoms with Crippen LogP contribution in [0.4, 0.5) is 0 Å². The summed E-state index contributed by atoms with van der Waals surface area (Å²) in [6.45, 7) is 4.53. The number of alkyl halides is 1. The van der Waals surface area contributed by atoms with Crippen molar-refractivity contribution in [1.82, 2.24) is 14.5 Å². The summed E-state index contributed by atoms with van der Waals surface area (Å²) in [4.78, 5) is 9.16. The molecule has 19 heavy (non-hydrogen) atoms. The summed E-state index contributed by atoms with van der Waals surface area (Å²) < 4.78 is 2.26. The average molecular weight is 298 g/mol. The molecule has 1 saturated carbocycles. The lowest BCUT2D eigenvalue weighted by molar-refractivity contribution is 0.303. The lowest BCUT2D eigenvalue weighted by Crippen LogP contribution is -2.30. The van der Waals surface area contributed by atoms with E-state index in [0.717, 1.165) is 23.4 Å². The highest BCUT2D eigenvalue weighted by molar-refractivity contribution is 6.31. The van der Waals surface area contributed by atoms with E-state index in [2.05, 4.69) is 28.4 Å².